The number of H-pyrrole nitrogens is 1. The highest BCUT2D eigenvalue weighted by molar-refractivity contribution is 7.71. The molecule has 116 valence electrons. The predicted molar refractivity (Wildman–Crippen MR) is 88.3 cm³/mol. The van der Waals surface area contributed by atoms with Crippen LogP contribution in [0.15, 0.2) is 47.3 Å². The van der Waals surface area contributed by atoms with E-state index in [0.29, 0.717) is 22.5 Å². The average molecular weight is 346 g/mol. The van der Waals surface area contributed by atoms with Gasteiger partial charge in [-0.3, -0.25) is 9.36 Å². The van der Waals surface area contributed by atoms with Gasteiger partial charge in [0.25, 0.3) is 5.56 Å². The Balaban J connectivity index is 2.13. The van der Waals surface area contributed by atoms with Gasteiger partial charge in [-0.25, -0.2) is 0 Å². The molecule has 0 amide bonds. The number of carboxylic acid groups (broad SMARTS) is 1. The summed E-state index contributed by atoms with van der Waals surface area (Å²) in [5.74, 6) is -1.31. The van der Waals surface area contributed by atoms with E-state index in [9.17, 15) is 14.7 Å². The number of rotatable bonds is 3. The number of aromatic carboxylic acids is 1. The first kappa shape index (κ1) is 15.5. The molecule has 0 aliphatic rings. The Morgan fingerprint density at radius 1 is 1.22 bits per heavy atom. The Bertz CT molecular complexity index is 1020. The predicted octanol–water partition coefficient (Wildman–Crippen LogP) is 2.12. The fourth-order valence-electron chi connectivity index (χ4n) is 2.30. The van der Waals surface area contributed by atoms with Crippen molar-refractivity contribution in [2.45, 2.75) is 6.54 Å². The van der Waals surface area contributed by atoms with Gasteiger partial charge < -0.3 is 14.9 Å². The number of carboxylic acids is 1. The number of carbonyl (C=O) groups excluding carboxylic acids is 1. The lowest BCUT2D eigenvalue weighted by Crippen LogP contribution is -2.24. The molecule has 0 aliphatic heterocycles. The molecule has 0 saturated carbocycles. The average Bonchev–Trinajstić information content (AvgIpc) is 2.52. The van der Waals surface area contributed by atoms with Crippen molar-refractivity contribution < 1.29 is 9.90 Å². The van der Waals surface area contributed by atoms with Crippen molar-refractivity contribution in [2.75, 3.05) is 0 Å². The molecule has 5 nitrogen and oxygen atoms in total. The second-order valence-electron chi connectivity index (χ2n) is 5.00. The molecule has 0 bridgehead atoms. The first-order valence-electron chi connectivity index (χ1n) is 6.68. The van der Waals surface area contributed by atoms with Gasteiger partial charge in [-0.05, 0) is 47.6 Å². The zero-order chi connectivity index (χ0) is 16.6. The van der Waals surface area contributed by atoms with E-state index in [1.54, 1.807) is 12.1 Å². The smallest absolute Gasteiger partial charge is 0.262 e. The molecular formula is C16H10ClN2O3S-. The normalized spacial score (nSPS) is 10.8. The lowest BCUT2D eigenvalue weighted by molar-refractivity contribution is -0.255. The zero-order valence-electron chi connectivity index (χ0n) is 11.7. The van der Waals surface area contributed by atoms with E-state index >= 15 is 0 Å². The van der Waals surface area contributed by atoms with Crippen LogP contribution in [0.25, 0.3) is 10.9 Å². The third kappa shape index (κ3) is 3.04. The molecule has 0 radical (unpaired) electrons. The van der Waals surface area contributed by atoms with Crippen LogP contribution in [0.4, 0.5) is 0 Å². The first-order chi connectivity index (χ1) is 11.0. The number of benzene rings is 2. The van der Waals surface area contributed by atoms with Gasteiger partial charge in [0.05, 0.1) is 23.4 Å². The highest BCUT2D eigenvalue weighted by atomic mass is 35.5. The van der Waals surface area contributed by atoms with E-state index in [-0.39, 0.29) is 15.9 Å². The summed E-state index contributed by atoms with van der Waals surface area (Å²) in [6.45, 7) is 0.295. The number of hydrogen-bond donors (Lipinski definition) is 1. The van der Waals surface area contributed by atoms with Crippen molar-refractivity contribution in [2.24, 2.45) is 0 Å². The third-order valence-electron chi connectivity index (χ3n) is 3.47. The van der Waals surface area contributed by atoms with Crippen LogP contribution < -0.4 is 10.7 Å². The molecule has 0 unspecified atom stereocenters. The van der Waals surface area contributed by atoms with Crippen molar-refractivity contribution in [3.63, 3.8) is 0 Å². The van der Waals surface area contributed by atoms with Crippen molar-refractivity contribution in [1.82, 2.24) is 9.55 Å². The molecular weight excluding hydrogens is 336 g/mol. The van der Waals surface area contributed by atoms with E-state index in [4.69, 9.17) is 23.8 Å². The Morgan fingerprint density at radius 3 is 2.57 bits per heavy atom. The van der Waals surface area contributed by atoms with E-state index in [0.717, 1.165) is 5.56 Å². The standard InChI is InChI=1S/C16H11ClN2O3S/c17-11-4-1-9(2-5-11)8-19-14(20)12-6-3-10(15(21)22)7-13(12)18-16(19)23/h1-7H,8H2,(H,18,23)(H,21,22)/p-1. The SMILES string of the molecule is O=C([O-])c1ccc2c(=O)n(Cc3ccc(Cl)cc3)c(=S)[nH]c2c1. The molecule has 0 saturated heterocycles. The van der Waals surface area contributed by atoms with Crippen LogP contribution in [-0.4, -0.2) is 15.5 Å². The van der Waals surface area contributed by atoms with E-state index in [1.807, 2.05) is 12.1 Å². The van der Waals surface area contributed by atoms with Gasteiger partial charge in [-0.1, -0.05) is 29.8 Å². The lowest BCUT2D eigenvalue weighted by Gasteiger charge is -2.10. The van der Waals surface area contributed by atoms with E-state index in [1.165, 1.54) is 22.8 Å². The van der Waals surface area contributed by atoms with Crippen LogP contribution in [0.1, 0.15) is 15.9 Å². The summed E-state index contributed by atoms with van der Waals surface area (Å²) in [4.78, 5) is 26.4. The monoisotopic (exact) mass is 345 g/mol. The van der Waals surface area contributed by atoms with Gasteiger partial charge in [0.1, 0.15) is 0 Å². The van der Waals surface area contributed by atoms with Crippen molar-refractivity contribution >= 4 is 40.7 Å². The summed E-state index contributed by atoms with van der Waals surface area (Å²) >= 11 is 11.1. The number of nitrogens with one attached hydrogen (secondary N) is 1. The maximum absolute atomic E-state index is 12.6. The van der Waals surface area contributed by atoms with Gasteiger partial charge in [-0.15, -0.1) is 0 Å². The number of hydrogen-bond acceptors (Lipinski definition) is 4. The molecule has 1 N–H and O–H groups in total. The number of aromatic nitrogens is 2. The molecule has 1 aromatic heterocycles. The number of nitrogens with zero attached hydrogens (tertiary/aromatic N) is 1. The second-order valence-corrected chi connectivity index (χ2v) is 5.82. The summed E-state index contributed by atoms with van der Waals surface area (Å²) in [6, 6.07) is 11.2. The quantitative estimate of drug-likeness (QED) is 0.738. The molecule has 7 heteroatoms. The van der Waals surface area contributed by atoms with Gasteiger partial charge >= 0.3 is 0 Å². The molecule has 1 heterocycles. The second kappa shape index (κ2) is 5.98. The third-order valence-corrected chi connectivity index (χ3v) is 4.05. The Hall–Kier alpha value is -2.44. The molecule has 2 aromatic carbocycles. The Kier molecular flexibility index (Phi) is 4.02. The highest BCUT2D eigenvalue weighted by Crippen LogP contribution is 2.13. The minimum absolute atomic E-state index is 0.0157. The highest BCUT2D eigenvalue weighted by Gasteiger charge is 2.07. The van der Waals surface area contributed by atoms with Crippen LogP contribution in [0.5, 0.6) is 0 Å². The zero-order valence-corrected chi connectivity index (χ0v) is 13.3. The summed E-state index contributed by atoms with van der Waals surface area (Å²) < 4.78 is 1.63. The number of halogens is 1. The molecule has 3 aromatic rings. The van der Waals surface area contributed by atoms with Crippen LogP contribution in [0, 0.1) is 4.77 Å². The van der Waals surface area contributed by atoms with E-state index in [2.05, 4.69) is 4.98 Å². The summed E-state index contributed by atoms with van der Waals surface area (Å²) in [5, 5.41) is 11.9. The molecule has 0 fully saturated rings. The van der Waals surface area contributed by atoms with Crippen molar-refractivity contribution in [1.29, 1.82) is 0 Å². The van der Waals surface area contributed by atoms with Gasteiger partial charge in [-0.2, -0.15) is 0 Å². The molecule has 0 atom stereocenters. The number of fused-ring (bicyclic) bond motifs is 1. The molecule has 0 spiro atoms. The summed E-state index contributed by atoms with van der Waals surface area (Å²) in [5.41, 5.74) is 0.942. The maximum Gasteiger partial charge on any atom is 0.262 e. The summed E-state index contributed by atoms with van der Waals surface area (Å²) in [7, 11) is 0. The van der Waals surface area contributed by atoms with E-state index < -0.39 is 5.97 Å². The van der Waals surface area contributed by atoms with Crippen LogP contribution in [-0.2, 0) is 6.54 Å². The van der Waals surface area contributed by atoms with Crippen molar-refractivity contribution in [3.8, 4) is 0 Å². The summed E-state index contributed by atoms with van der Waals surface area (Å²) in [6.07, 6.45) is 0. The molecule has 3 rings (SSSR count). The number of aromatic amines is 1. The van der Waals surface area contributed by atoms with Crippen LogP contribution in [0.2, 0.25) is 5.02 Å². The Labute approximate surface area is 140 Å². The van der Waals surface area contributed by atoms with Crippen molar-refractivity contribution in [3.05, 3.63) is 73.7 Å². The maximum atomic E-state index is 12.6. The first-order valence-corrected chi connectivity index (χ1v) is 7.47. The van der Waals surface area contributed by atoms with Crippen LogP contribution >= 0.6 is 23.8 Å². The molecule has 0 aliphatic carbocycles. The fraction of sp³-hybridized carbons (Fsp3) is 0.0625. The molecule has 23 heavy (non-hydrogen) atoms. The van der Waals surface area contributed by atoms with Gasteiger partial charge in [0, 0.05) is 5.02 Å². The Morgan fingerprint density at radius 2 is 1.91 bits per heavy atom. The fourth-order valence-corrected chi connectivity index (χ4v) is 2.68. The number of carbonyl (C=O) groups is 1. The topological polar surface area (TPSA) is 77.9 Å². The largest absolute Gasteiger partial charge is 0.545 e. The van der Waals surface area contributed by atoms with Gasteiger partial charge in [0.15, 0.2) is 4.77 Å². The minimum Gasteiger partial charge on any atom is -0.545 e. The van der Waals surface area contributed by atoms with Gasteiger partial charge in [0.2, 0.25) is 0 Å². The van der Waals surface area contributed by atoms with Crippen LogP contribution in [0.3, 0.4) is 0 Å². The minimum atomic E-state index is -1.31. The lowest BCUT2D eigenvalue weighted by atomic mass is 10.1.